The van der Waals surface area contributed by atoms with E-state index in [0.717, 1.165) is 5.56 Å². The average Bonchev–Trinajstić information content (AvgIpc) is 3.32. The molecule has 2 aliphatic rings. The van der Waals surface area contributed by atoms with Crippen LogP contribution in [-0.4, -0.2) is 70.0 Å². The third kappa shape index (κ3) is 2.98. The number of fused-ring (bicyclic) bond motifs is 3. The maximum atomic E-state index is 12.0. The summed E-state index contributed by atoms with van der Waals surface area (Å²) in [6.45, 7) is 6.84. The van der Waals surface area contributed by atoms with Crippen LogP contribution in [0.2, 0.25) is 0 Å². The van der Waals surface area contributed by atoms with Crippen LogP contribution in [0.15, 0.2) is 54.6 Å². The Morgan fingerprint density at radius 1 is 0.972 bits per heavy atom. The number of para-hydroxylation sites is 2. The Labute approximate surface area is 208 Å². The van der Waals surface area contributed by atoms with Gasteiger partial charge in [0.1, 0.15) is 17.8 Å². The molecular formula is C27H30N4O5. The minimum atomic E-state index is -1.87. The van der Waals surface area contributed by atoms with Gasteiger partial charge in [0.2, 0.25) is 0 Å². The Bertz CT molecular complexity index is 1470. The predicted molar refractivity (Wildman–Crippen MR) is 131 cm³/mol. The monoisotopic (exact) mass is 490 g/mol. The predicted octanol–water partition coefficient (Wildman–Crippen LogP) is 2.35. The molecule has 9 heteroatoms. The Balaban J connectivity index is 1.51. The summed E-state index contributed by atoms with van der Waals surface area (Å²) in [4.78, 5) is 4.84. The van der Waals surface area contributed by atoms with E-state index in [1.807, 2.05) is 54.6 Å². The van der Waals surface area contributed by atoms with E-state index in [0.29, 0.717) is 28.8 Å². The van der Waals surface area contributed by atoms with Crippen LogP contribution in [0.3, 0.4) is 0 Å². The quantitative estimate of drug-likeness (QED) is 0.390. The second kappa shape index (κ2) is 7.53. The lowest BCUT2D eigenvalue weighted by Gasteiger charge is -2.68. The van der Waals surface area contributed by atoms with Gasteiger partial charge in [-0.15, -0.1) is 10.2 Å². The smallest absolute Gasteiger partial charge is 0.183 e. The van der Waals surface area contributed by atoms with Gasteiger partial charge in [-0.05, 0) is 45.4 Å². The first-order valence-electron chi connectivity index (χ1n) is 12.1. The first kappa shape index (κ1) is 23.4. The number of hydrogen-bond donors (Lipinski definition) is 3. The average molecular weight is 491 g/mol. The van der Waals surface area contributed by atoms with E-state index in [9.17, 15) is 15.3 Å². The molecule has 2 aliphatic heterocycles. The van der Waals surface area contributed by atoms with E-state index in [1.165, 1.54) is 0 Å². The summed E-state index contributed by atoms with van der Waals surface area (Å²) in [5.74, 6) is 0.156. The largest absolute Gasteiger partial charge is 0.382 e. The molecule has 2 fully saturated rings. The Kier molecular flexibility index (Phi) is 4.91. The van der Waals surface area contributed by atoms with Gasteiger partial charge >= 0.3 is 0 Å². The maximum absolute atomic E-state index is 12.0. The highest BCUT2D eigenvalue weighted by atomic mass is 16.6. The van der Waals surface area contributed by atoms with Crippen LogP contribution in [0.4, 0.5) is 0 Å². The van der Waals surface area contributed by atoms with Gasteiger partial charge in [0.05, 0.1) is 34.5 Å². The SMILES string of the molecule is CC1(C)O[C@H]([C@]2(O)COC2(C)C)[C@]1(O)[C@@H](O)c1nnc2c(Cc3ccccc3)nc3ccccc3n12. The minimum absolute atomic E-state index is 0.00949. The van der Waals surface area contributed by atoms with Crippen molar-refractivity contribution in [3.63, 3.8) is 0 Å². The molecule has 4 heterocycles. The Morgan fingerprint density at radius 2 is 1.67 bits per heavy atom. The van der Waals surface area contributed by atoms with Gasteiger partial charge in [-0.3, -0.25) is 4.40 Å². The van der Waals surface area contributed by atoms with Crippen molar-refractivity contribution >= 4 is 16.7 Å². The number of rotatable bonds is 5. The van der Waals surface area contributed by atoms with Crippen LogP contribution >= 0.6 is 0 Å². The first-order valence-corrected chi connectivity index (χ1v) is 12.1. The van der Waals surface area contributed by atoms with Crippen molar-refractivity contribution in [2.24, 2.45) is 0 Å². The number of aliphatic hydroxyl groups is 3. The molecule has 6 rings (SSSR count). The number of aromatic nitrogens is 4. The van der Waals surface area contributed by atoms with E-state index in [2.05, 4.69) is 10.2 Å². The van der Waals surface area contributed by atoms with E-state index in [-0.39, 0.29) is 12.4 Å². The Morgan fingerprint density at radius 3 is 2.31 bits per heavy atom. The third-order valence-corrected chi connectivity index (χ3v) is 8.11. The van der Waals surface area contributed by atoms with E-state index < -0.39 is 34.6 Å². The highest BCUT2D eigenvalue weighted by Crippen LogP contribution is 2.57. The van der Waals surface area contributed by atoms with Crippen LogP contribution in [0.25, 0.3) is 16.7 Å². The van der Waals surface area contributed by atoms with Crippen molar-refractivity contribution in [2.75, 3.05) is 6.61 Å². The molecule has 0 radical (unpaired) electrons. The van der Waals surface area contributed by atoms with E-state index >= 15 is 0 Å². The van der Waals surface area contributed by atoms with Crippen LogP contribution < -0.4 is 0 Å². The van der Waals surface area contributed by atoms with Crippen molar-refractivity contribution in [3.8, 4) is 0 Å². The maximum Gasteiger partial charge on any atom is 0.183 e. The summed E-state index contributed by atoms with van der Waals surface area (Å²) in [5.41, 5.74) is -1.79. The summed E-state index contributed by atoms with van der Waals surface area (Å²) >= 11 is 0. The number of nitrogens with zero attached hydrogens (tertiary/aromatic N) is 4. The summed E-state index contributed by atoms with van der Waals surface area (Å²) < 4.78 is 13.3. The Hall–Kier alpha value is -2.95. The van der Waals surface area contributed by atoms with Crippen molar-refractivity contribution in [2.45, 2.75) is 68.7 Å². The fourth-order valence-electron chi connectivity index (χ4n) is 5.52. The molecule has 2 aromatic carbocycles. The second-order valence-electron chi connectivity index (χ2n) is 10.9. The lowest BCUT2D eigenvalue weighted by molar-refractivity contribution is -0.448. The van der Waals surface area contributed by atoms with Gasteiger partial charge in [0.15, 0.2) is 17.1 Å². The van der Waals surface area contributed by atoms with Crippen molar-refractivity contribution in [3.05, 3.63) is 71.7 Å². The van der Waals surface area contributed by atoms with E-state index in [4.69, 9.17) is 14.5 Å². The minimum Gasteiger partial charge on any atom is -0.382 e. The van der Waals surface area contributed by atoms with Gasteiger partial charge in [0.25, 0.3) is 0 Å². The normalized spacial score (nSPS) is 29.6. The molecule has 4 atom stereocenters. The van der Waals surface area contributed by atoms with Gasteiger partial charge in [0, 0.05) is 6.42 Å². The lowest BCUT2D eigenvalue weighted by Crippen LogP contribution is -2.87. The van der Waals surface area contributed by atoms with Gasteiger partial charge in [-0.2, -0.15) is 0 Å². The summed E-state index contributed by atoms with van der Waals surface area (Å²) in [6, 6.07) is 17.5. The first-order chi connectivity index (χ1) is 17.0. The number of ether oxygens (including phenoxy) is 2. The molecule has 0 aliphatic carbocycles. The molecule has 36 heavy (non-hydrogen) atoms. The summed E-state index contributed by atoms with van der Waals surface area (Å²) in [6.07, 6.45) is -2.09. The molecule has 0 amide bonds. The third-order valence-electron chi connectivity index (χ3n) is 8.11. The molecule has 9 nitrogen and oxygen atoms in total. The van der Waals surface area contributed by atoms with Gasteiger partial charge in [-0.25, -0.2) is 4.98 Å². The molecule has 0 saturated carbocycles. The summed E-state index contributed by atoms with van der Waals surface area (Å²) in [7, 11) is 0. The molecule has 188 valence electrons. The molecule has 3 N–H and O–H groups in total. The van der Waals surface area contributed by atoms with E-state index in [1.54, 1.807) is 32.1 Å². The molecule has 2 aromatic heterocycles. The highest BCUT2D eigenvalue weighted by molar-refractivity contribution is 5.78. The number of aliphatic hydroxyl groups excluding tert-OH is 1. The molecule has 0 bridgehead atoms. The zero-order valence-electron chi connectivity index (χ0n) is 20.7. The highest BCUT2D eigenvalue weighted by Gasteiger charge is 2.77. The lowest BCUT2D eigenvalue weighted by atomic mass is 9.60. The summed E-state index contributed by atoms with van der Waals surface area (Å²) in [5, 5.41) is 43.9. The fourth-order valence-corrected chi connectivity index (χ4v) is 5.52. The van der Waals surface area contributed by atoms with Crippen LogP contribution in [0.1, 0.15) is 50.9 Å². The van der Waals surface area contributed by atoms with Gasteiger partial charge < -0.3 is 24.8 Å². The molecule has 0 spiro atoms. The fraction of sp³-hybridized carbons (Fsp3) is 0.444. The van der Waals surface area contributed by atoms with Crippen LogP contribution in [-0.2, 0) is 15.9 Å². The van der Waals surface area contributed by atoms with Crippen molar-refractivity contribution in [1.29, 1.82) is 0 Å². The van der Waals surface area contributed by atoms with Crippen molar-refractivity contribution < 1.29 is 24.8 Å². The molecular weight excluding hydrogens is 460 g/mol. The zero-order chi connectivity index (χ0) is 25.5. The standard InChI is InChI=1S/C27H30N4O5/c1-24(2)26(33,15-35-24)23-27(34,25(3,4)36-23)20(32)22-30-29-21-18(14-16-10-6-5-7-11-16)28-17-12-8-9-13-19(17)31(21)22/h5-13,20,23,32-34H,14-15H2,1-4H3/t20-,23+,26+,27+/m0/s1. The molecule has 0 unspecified atom stereocenters. The van der Waals surface area contributed by atoms with Crippen LogP contribution in [0, 0.1) is 0 Å². The molecule has 4 aromatic rings. The van der Waals surface area contributed by atoms with Crippen LogP contribution in [0.5, 0.6) is 0 Å². The van der Waals surface area contributed by atoms with Crippen molar-refractivity contribution in [1.82, 2.24) is 19.6 Å². The number of benzene rings is 2. The van der Waals surface area contributed by atoms with Gasteiger partial charge in [-0.1, -0.05) is 42.5 Å². The second-order valence-corrected chi connectivity index (χ2v) is 10.9. The topological polar surface area (TPSA) is 122 Å². The zero-order valence-corrected chi connectivity index (χ0v) is 20.7. The number of hydrogen-bond acceptors (Lipinski definition) is 8. The molecule has 2 saturated heterocycles.